The molecule has 1 aliphatic heterocycles. The van der Waals surface area contributed by atoms with Gasteiger partial charge in [0.05, 0.1) is 26.6 Å². The van der Waals surface area contributed by atoms with Crippen molar-refractivity contribution in [2.45, 2.75) is 95.8 Å². The molecule has 16 nitrogen and oxygen atoms in total. The topological polar surface area (TPSA) is 230 Å². The number of rotatable bonds is 19. The molecule has 0 saturated carbocycles. The fourth-order valence-corrected chi connectivity index (χ4v) is 4.48. The fourth-order valence-electron chi connectivity index (χ4n) is 4.48. The average Bonchev–Trinajstić information content (AvgIpc) is 2.97. The van der Waals surface area contributed by atoms with E-state index in [2.05, 4.69) is 26.1 Å². The number of carbonyl (C=O) groups excluding carboxylic acids is 5. The summed E-state index contributed by atoms with van der Waals surface area (Å²) in [6.07, 6.45) is 2.98. The van der Waals surface area contributed by atoms with Crippen molar-refractivity contribution in [2.24, 2.45) is 5.92 Å². The highest BCUT2D eigenvalue weighted by Crippen LogP contribution is 2.18. The molecule has 1 rings (SSSR count). The summed E-state index contributed by atoms with van der Waals surface area (Å²) in [5.74, 6) is -6.68. The first-order chi connectivity index (χ1) is 20.3. The fraction of sp³-hybridized carbons (Fsp3) is 0.741. The van der Waals surface area contributed by atoms with Gasteiger partial charge in [0.2, 0.25) is 17.7 Å². The summed E-state index contributed by atoms with van der Waals surface area (Å²) in [6.45, 7) is 3.94. The number of amides is 3. The van der Waals surface area contributed by atoms with Crippen molar-refractivity contribution in [1.82, 2.24) is 26.4 Å². The molecule has 3 amide bonds. The lowest BCUT2D eigenvalue weighted by Gasteiger charge is -2.34. The molecule has 6 N–H and O–H groups in total. The molecule has 244 valence electrons. The summed E-state index contributed by atoms with van der Waals surface area (Å²) in [4.78, 5) is 85.6. The van der Waals surface area contributed by atoms with Crippen molar-refractivity contribution in [2.75, 3.05) is 27.3 Å². The minimum absolute atomic E-state index is 0.106. The Morgan fingerprint density at radius 3 is 1.98 bits per heavy atom. The largest absolute Gasteiger partial charge is 0.480 e. The van der Waals surface area contributed by atoms with Crippen LogP contribution < -0.4 is 21.4 Å². The Morgan fingerprint density at radius 1 is 0.814 bits per heavy atom. The van der Waals surface area contributed by atoms with Crippen LogP contribution in [-0.4, -0.2) is 108 Å². The summed E-state index contributed by atoms with van der Waals surface area (Å²) in [5, 5.41) is 28.0. The molecule has 1 fully saturated rings. The predicted molar refractivity (Wildman–Crippen MR) is 150 cm³/mol. The second kappa shape index (κ2) is 19.4. The maximum Gasteiger partial charge on any atom is 0.328 e. The number of hydrogen-bond donors (Lipinski definition) is 6. The van der Waals surface area contributed by atoms with E-state index in [1.54, 1.807) is 5.01 Å². The zero-order valence-electron chi connectivity index (χ0n) is 25.2. The van der Waals surface area contributed by atoms with E-state index in [1.165, 1.54) is 14.0 Å². The molecular formula is C27H45N5O11. The van der Waals surface area contributed by atoms with Crippen LogP contribution in [0.1, 0.15) is 71.6 Å². The Balaban J connectivity index is 3.05. The monoisotopic (exact) mass is 615 g/mol. The van der Waals surface area contributed by atoms with Gasteiger partial charge in [-0.2, -0.15) is 0 Å². The van der Waals surface area contributed by atoms with E-state index >= 15 is 0 Å². The number of aliphatic carboxylic acids is 2. The molecule has 0 aromatic heterocycles. The zero-order chi connectivity index (χ0) is 32.5. The third-order valence-corrected chi connectivity index (χ3v) is 6.98. The van der Waals surface area contributed by atoms with Gasteiger partial charge in [0.25, 0.3) is 0 Å². The summed E-state index contributed by atoms with van der Waals surface area (Å²) in [5.41, 5.74) is 2.90. The van der Waals surface area contributed by atoms with Crippen LogP contribution >= 0.6 is 0 Å². The standard InChI is InChI=1S/C27H45N5O11/c1-5-6-7-8-9-21(33)29-19(24(36)37)14-18(31-32-12-10-17(11-13-32)27(41)43-4)23(35)30-20(25(38)39)15-22(34)28-16(2)26(40)42-3/h16-20,31H,5-15H2,1-4H3,(H,28,34)(H,29,33)(H,30,35)(H,36,37)(H,38,39)/t16-,18?,19+,20-/m0/s1. The number of carbonyl (C=O) groups is 7. The molecule has 0 aliphatic carbocycles. The minimum atomic E-state index is -1.72. The number of piperidine rings is 1. The smallest absolute Gasteiger partial charge is 0.328 e. The zero-order valence-corrected chi connectivity index (χ0v) is 25.2. The highest BCUT2D eigenvalue weighted by atomic mass is 16.5. The van der Waals surface area contributed by atoms with Gasteiger partial charge in [-0.15, -0.1) is 0 Å². The molecule has 0 bridgehead atoms. The third-order valence-electron chi connectivity index (χ3n) is 6.98. The van der Waals surface area contributed by atoms with Crippen molar-refractivity contribution in [3.63, 3.8) is 0 Å². The Bertz CT molecular complexity index is 984. The quantitative estimate of drug-likeness (QED) is 0.0782. The van der Waals surface area contributed by atoms with Crippen LogP contribution in [0.4, 0.5) is 0 Å². The van der Waals surface area contributed by atoms with E-state index in [0.29, 0.717) is 32.4 Å². The molecule has 1 heterocycles. The number of esters is 2. The van der Waals surface area contributed by atoms with Gasteiger partial charge in [0.1, 0.15) is 24.2 Å². The van der Waals surface area contributed by atoms with Crippen LogP contribution in [-0.2, 0) is 43.0 Å². The van der Waals surface area contributed by atoms with Gasteiger partial charge in [0.15, 0.2) is 0 Å². The number of carboxylic acid groups (broad SMARTS) is 2. The van der Waals surface area contributed by atoms with Crippen LogP contribution in [0, 0.1) is 5.92 Å². The molecule has 0 aromatic carbocycles. The van der Waals surface area contributed by atoms with E-state index < -0.39 is 72.6 Å². The Labute approximate surface area is 250 Å². The maximum atomic E-state index is 13.3. The summed E-state index contributed by atoms with van der Waals surface area (Å²) in [6, 6.07) is -5.60. The minimum Gasteiger partial charge on any atom is -0.480 e. The number of carboxylic acids is 2. The van der Waals surface area contributed by atoms with Crippen molar-refractivity contribution in [1.29, 1.82) is 0 Å². The molecular weight excluding hydrogens is 570 g/mol. The van der Waals surface area contributed by atoms with Crippen LogP contribution in [0.2, 0.25) is 0 Å². The number of nitrogens with zero attached hydrogens (tertiary/aromatic N) is 1. The lowest BCUT2D eigenvalue weighted by Crippen LogP contribution is -2.59. The second-order valence-corrected chi connectivity index (χ2v) is 10.4. The molecule has 4 atom stereocenters. The molecule has 0 radical (unpaired) electrons. The SMILES string of the molecule is CCCCCCC(=O)N[C@H](CC(NN1CCC(C(=O)OC)CC1)C(=O)N[C@@H](CC(=O)N[C@@H](C)C(=O)OC)C(=O)O)C(=O)O. The summed E-state index contributed by atoms with van der Waals surface area (Å²) >= 11 is 0. The first-order valence-corrected chi connectivity index (χ1v) is 14.3. The van der Waals surface area contributed by atoms with Crippen molar-refractivity contribution < 1.29 is 53.2 Å². The van der Waals surface area contributed by atoms with Gasteiger partial charge < -0.3 is 35.6 Å². The Hall–Kier alpha value is -3.79. The average molecular weight is 616 g/mol. The van der Waals surface area contributed by atoms with Crippen molar-refractivity contribution in [3.05, 3.63) is 0 Å². The van der Waals surface area contributed by atoms with Crippen molar-refractivity contribution in [3.8, 4) is 0 Å². The third kappa shape index (κ3) is 13.8. The number of methoxy groups -OCH3 is 2. The number of ether oxygens (including phenoxy) is 2. The second-order valence-electron chi connectivity index (χ2n) is 10.4. The maximum absolute atomic E-state index is 13.3. The van der Waals surface area contributed by atoms with E-state index in [9.17, 15) is 43.8 Å². The lowest BCUT2D eigenvalue weighted by atomic mass is 9.98. The molecule has 0 aromatic rings. The first-order valence-electron chi connectivity index (χ1n) is 14.3. The van der Waals surface area contributed by atoms with Gasteiger partial charge in [-0.1, -0.05) is 26.2 Å². The van der Waals surface area contributed by atoms with Crippen molar-refractivity contribution >= 4 is 41.6 Å². The number of hydrogen-bond acceptors (Lipinski definition) is 11. The molecule has 1 unspecified atom stereocenters. The normalized spacial score (nSPS) is 16.6. The molecule has 43 heavy (non-hydrogen) atoms. The van der Waals surface area contributed by atoms with Gasteiger partial charge in [-0.3, -0.25) is 19.2 Å². The summed E-state index contributed by atoms with van der Waals surface area (Å²) in [7, 11) is 2.41. The van der Waals surface area contributed by atoms with Gasteiger partial charge in [0, 0.05) is 25.9 Å². The highest BCUT2D eigenvalue weighted by molar-refractivity contribution is 5.92. The van der Waals surface area contributed by atoms with E-state index in [-0.39, 0.29) is 18.3 Å². The van der Waals surface area contributed by atoms with Crippen LogP contribution in [0.3, 0.4) is 0 Å². The Kier molecular flexibility index (Phi) is 16.8. The van der Waals surface area contributed by atoms with E-state index in [1.807, 2.05) is 6.92 Å². The molecule has 1 saturated heterocycles. The first kappa shape index (κ1) is 37.2. The van der Waals surface area contributed by atoms with Crippen LogP contribution in [0.15, 0.2) is 0 Å². The molecule has 16 heteroatoms. The number of hydrazine groups is 1. The van der Waals surface area contributed by atoms with Crippen LogP contribution in [0.5, 0.6) is 0 Å². The lowest BCUT2D eigenvalue weighted by molar-refractivity contribution is -0.148. The van der Waals surface area contributed by atoms with E-state index in [4.69, 9.17) is 4.74 Å². The van der Waals surface area contributed by atoms with Gasteiger partial charge >= 0.3 is 23.9 Å². The van der Waals surface area contributed by atoms with Gasteiger partial charge in [-0.05, 0) is 26.2 Å². The van der Waals surface area contributed by atoms with Gasteiger partial charge in [-0.25, -0.2) is 24.8 Å². The number of nitrogens with one attached hydrogen (secondary N) is 4. The summed E-state index contributed by atoms with van der Waals surface area (Å²) < 4.78 is 9.30. The predicted octanol–water partition coefficient (Wildman–Crippen LogP) is -0.688. The van der Waals surface area contributed by atoms with Crippen LogP contribution in [0.25, 0.3) is 0 Å². The highest BCUT2D eigenvalue weighted by Gasteiger charge is 2.34. The number of unbranched alkanes of at least 4 members (excludes halogenated alkanes) is 3. The Morgan fingerprint density at radius 2 is 1.44 bits per heavy atom. The molecule has 1 aliphatic rings. The van der Waals surface area contributed by atoms with E-state index in [0.717, 1.165) is 26.4 Å². The molecule has 0 spiro atoms.